The Balaban J connectivity index is 3.44. The van der Waals surface area contributed by atoms with Gasteiger partial charge in [0.2, 0.25) is 0 Å². The highest BCUT2D eigenvalue weighted by Gasteiger charge is 2.12. The highest BCUT2D eigenvalue weighted by atomic mass is 16.5. The first kappa shape index (κ1) is 17.8. The summed E-state index contributed by atoms with van der Waals surface area (Å²) in [6.45, 7) is 12.4. The molecule has 0 aromatic rings. The van der Waals surface area contributed by atoms with E-state index in [1.807, 2.05) is 0 Å². The maximum absolute atomic E-state index is 5.77. The van der Waals surface area contributed by atoms with E-state index in [9.17, 15) is 0 Å². The Bertz CT molecular complexity index is 180. The molecule has 0 rings (SSSR count). The molecule has 18 heavy (non-hydrogen) atoms. The second-order valence-electron chi connectivity index (χ2n) is 5.49. The van der Waals surface area contributed by atoms with Gasteiger partial charge < -0.3 is 19.5 Å². The molecule has 0 spiro atoms. The summed E-state index contributed by atoms with van der Waals surface area (Å²) in [5.41, 5.74) is 0.146. The SMILES string of the molecule is CCC(CNC(C)(C)C)OCCOCCCOC. The van der Waals surface area contributed by atoms with E-state index in [-0.39, 0.29) is 11.6 Å². The molecule has 0 saturated heterocycles. The number of nitrogens with one attached hydrogen (secondary N) is 1. The van der Waals surface area contributed by atoms with Crippen LogP contribution in [-0.4, -0.2) is 51.7 Å². The number of hydrogen-bond donors (Lipinski definition) is 1. The van der Waals surface area contributed by atoms with Gasteiger partial charge in [-0.2, -0.15) is 0 Å². The minimum absolute atomic E-state index is 0.146. The van der Waals surface area contributed by atoms with E-state index in [2.05, 4.69) is 33.0 Å². The molecule has 1 atom stereocenters. The van der Waals surface area contributed by atoms with Crippen molar-refractivity contribution in [2.24, 2.45) is 0 Å². The monoisotopic (exact) mass is 261 g/mol. The van der Waals surface area contributed by atoms with Crippen LogP contribution in [0.3, 0.4) is 0 Å². The summed E-state index contributed by atoms with van der Waals surface area (Å²) in [4.78, 5) is 0. The summed E-state index contributed by atoms with van der Waals surface area (Å²) >= 11 is 0. The van der Waals surface area contributed by atoms with Gasteiger partial charge in [0.1, 0.15) is 0 Å². The molecule has 0 aliphatic carbocycles. The largest absolute Gasteiger partial charge is 0.385 e. The van der Waals surface area contributed by atoms with Crippen LogP contribution in [0, 0.1) is 0 Å². The minimum Gasteiger partial charge on any atom is -0.385 e. The molecular weight excluding hydrogens is 230 g/mol. The van der Waals surface area contributed by atoms with Crippen molar-refractivity contribution in [3.05, 3.63) is 0 Å². The normalized spacial score (nSPS) is 13.8. The number of hydrogen-bond acceptors (Lipinski definition) is 4. The fourth-order valence-corrected chi connectivity index (χ4v) is 1.42. The Morgan fingerprint density at radius 2 is 1.78 bits per heavy atom. The maximum atomic E-state index is 5.77. The molecule has 0 saturated carbocycles. The van der Waals surface area contributed by atoms with Gasteiger partial charge in [0.15, 0.2) is 0 Å². The number of methoxy groups -OCH3 is 1. The second-order valence-corrected chi connectivity index (χ2v) is 5.49. The topological polar surface area (TPSA) is 39.7 Å². The zero-order valence-electron chi connectivity index (χ0n) is 12.8. The fourth-order valence-electron chi connectivity index (χ4n) is 1.42. The van der Waals surface area contributed by atoms with Crippen LogP contribution in [0.2, 0.25) is 0 Å². The van der Waals surface area contributed by atoms with Crippen LogP contribution in [0.5, 0.6) is 0 Å². The van der Waals surface area contributed by atoms with Crippen molar-refractivity contribution < 1.29 is 14.2 Å². The summed E-state index contributed by atoms with van der Waals surface area (Å²) in [5, 5.41) is 3.46. The van der Waals surface area contributed by atoms with Gasteiger partial charge in [0, 0.05) is 32.4 Å². The predicted molar refractivity (Wildman–Crippen MR) is 75.1 cm³/mol. The maximum Gasteiger partial charge on any atom is 0.0704 e. The quantitative estimate of drug-likeness (QED) is 0.579. The van der Waals surface area contributed by atoms with Crippen molar-refractivity contribution in [1.82, 2.24) is 5.32 Å². The Hall–Kier alpha value is -0.160. The van der Waals surface area contributed by atoms with Crippen LogP contribution >= 0.6 is 0 Å². The van der Waals surface area contributed by atoms with E-state index in [1.54, 1.807) is 7.11 Å². The minimum atomic E-state index is 0.146. The van der Waals surface area contributed by atoms with Gasteiger partial charge in [-0.1, -0.05) is 6.92 Å². The van der Waals surface area contributed by atoms with Gasteiger partial charge in [0.05, 0.1) is 19.3 Å². The summed E-state index contributed by atoms with van der Waals surface area (Å²) in [6, 6.07) is 0. The van der Waals surface area contributed by atoms with Gasteiger partial charge >= 0.3 is 0 Å². The third-order valence-corrected chi connectivity index (χ3v) is 2.53. The van der Waals surface area contributed by atoms with Crippen molar-refractivity contribution in [3.63, 3.8) is 0 Å². The third kappa shape index (κ3) is 12.3. The molecule has 0 bridgehead atoms. The Labute approximate surface area is 112 Å². The molecular formula is C14H31NO3. The zero-order valence-corrected chi connectivity index (χ0v) is 12.8. The van der Waals surface area contributed by atoms with Crippen LogP contribution in [0.4, 0.5) is 0 Å². The number of ether oxygens (including phenoxy) is 3. The van der Waals surface area contributed by atoms with Crippen molar-refractivity contribution in [3.8, 4) is 0 Å². The Kier molecular flexibility index (Phi) is 10.6. The van der Waals surface area contributed by atoms with Crippen molar-refractivity contribution >= 4 is 0 Å². The zero-order chi connectivity index (χ0) is 13.9. The summed E-state index contributed by atoms with van der Waals surface area (Å²) in [5.74, 6) is 0. The first-order chi connectivity index (χ1) is 8.49. The van der Waals surface area contributed by atoms with Crippen LogP contribution in [0.1, 0.15) is 40.5 Å². The molecule has 1 unspecified atom stereocenters. The van der Waals surface area contributed by atoms with Gasteiger partial charge in [-0.05, 0) is 33.6 Å². The second kappa shape index (κ2) is 10.7. The van der Waals surface area contributed by atoms with E-state index in [0.29, 0.717) is 13.2 Å². The molecule has 4 heteroatoms. The first-order valence-electron chi connectivity index (χ1n) is 6.93. The average molecular weight is 261 g/mol. The lowest BCUT2D eigenvalue weighted by Gasteiger charge is -2.24. The highest BCUT2D eigenvalue weighted by Crippen LogP contribution is 2.02. The standard InChI is InChI=1S/C14H31NO3/c1-6-13(12-15-14(2,3)4)18-11-10-17-9-7-8-16-5/h13,15H,6-12H2,1-5H3. The molecule has 0 fully saturated rings. The Morgan fingerprint density at radius 3 is 2.33 bits per heavy atom. The molecule has 0 aromatic carbocycles. The molecule has 0 amide bonds. The lowest BCUT2D eigenvalue weighted by atomic mass is 10.1. The Morgan fingerprint density at radius 1 is 1.06 bits per heavy atom. The van der Waals surface area contributed by atoms with E-state index >= 15 is 0 Å². The average Bonchev–Trinajstić information content (AvgIpc) is 2.30. The van der Waals surface area contributed by atoms with E-state index in [1.165, 1.54) is 0 Å². The highest BCUT2D eigenvalue weighted by molar-refractivity contribution is 4.72. The van der Waals surface area contributed by atoms with Crippen LogP contribution in [0.25, 0.3) is 0 Å². The molecule has 0 heterocycles. The molecule has 0 aromatic heterocycles. The molecule has 0 aliphatic heterocycles. The van der Waals surface area contributed by atoms with Gasteiger partial charge in [-0.15, -0.1) is 0 Å². The molecule has 110 valence electrons. The van der Waals surface area contributed by atoms with E-state index in [4.69, 9.17) is 14.2 Å². The van der Waals surface area contributed by atoms with Gasteiger partial charge in [0.25, 0.3) is 0 Å². The van der Waals surface area contributed by atoms with Crippen molar-refractivity contribution in [2.45, 2.75) is 52.2 Å². The van der Waals surface area contributed by atoms with E-state index in [0.717, 1.165) is 32.6 Å². The number of rotatable bonds is 11. The smallest absolute Gasteiger partial charge is 0.0704 e. The van der Waals surface area contributed by atoms with Crippen LogP contribution < -0.4 is 5.32 Å². The third-order valence-electron chi connectivity index (χ3n) is 2.53. The first-order valence-corrected chi connectivity index (χ1v) is 6.93. The summed E-state index contributed by atoms with van der Waals surface area (Å²) < 4.78 is 16.2. The molecule has 0 aliphatic rings. The molecule has 1 N–H and O–H groups in total. The van der Waals surface area contributed by atoms with Crippen LogP contribution in [-0.2, 0) is 14.2 Å². The molecule has 4 nitrogen and oxygen atoms in total. The van der Waals surface area contributed by atoms with Crippen molar-refractivity contribution in [1.29, 1.82) is 0 Å². The van der Waals surface area contributed by atoms with Crippen LogP contribution in [0.15, 0.2) is 0 Å². The fraction of sp³-hybridized carbons (Fsp3) is 1.00. The predicted octanol–water partition coefficient (Wildman–Crippen LogP) is 2.22. The summed E-state index contributed by atoms with van der Waals surface area (Å²) in [6.07, 6.45) is 2.23. The summed E-state index contributed by atoms with van der Waals surface area (Å²) in [7, 11) is 1.71. The molecule has 0 radical (unpaired) electrons. The lowest BCUT2D eigenvalue weighted by Crippen LogP contribution is -2.41. The lowest BCUT2D eigenvalue weighted by molar-refractivity contribution is -0.00142. The van der Waals surface area contributed by atoms with Gasteiger partial charge in [-0.3, -0.25) is 0 Å². The van der Waals surface area contributed by atoms with Gasteiger partial charge in [-0.25, -0.2) is 0 Å². The van der Waals surface area contributed by atoms with E-state index < -0.39 is 0 Å². The van der Waals surface area contributed by atoms with Crippen molar-refractivity contribution in [2.75, 3.05) is 40.1 Å².